The zero-order valence-electron chi connectivity index (χ0n) is 14.0. The van der Waals surface area contributed by atoms with Crippen LogP contribution in [0.1, 0.15) is 12.8 Å². The van der Waals surface area contributed by atoms with Crippen LogP contribution < -0.4 is 11.1 Å². The third-order valence-electron chi connectivity index (χ3n) is 4.05. The van der Waals surface area contributed by atoms with Gasteiger partial charge >= 0.3 is 0 Å². The molecular weight excluding hydrogens is 365 g/mol. The molecule has 0 saturated carbocycles. The van der Waals surface area contributed by atoms with Crippen molar-refractivity contribution in [2.75, 3.05) is 14.2 Å². The van der Waals surface area contributed by atoms with Gasteiger partial charge in [-0.15, -0.1) is 0 Å². The summed E-state index contributed by atoms with van der Waals surface area (Å²) >= 11 is 12.5. The summed E-state index contributed by atoms with van der Waals surface area (Å²) in [4.78, 5) is 1.54. The number of ether oxygens (including phenoxy) is 2. The molecule has 2 aliphatic carbocycles. The molecule has 2 rings (SSSR count). The number of nitrogens with two attached hydrogens (primary N) is 1. The van der Waals surface area contributed by atoms with Crippen molar-refractivity contribution in [3.63, 3.8) is 0 Å². The van der Waals surface area contributed by atoms with E-state index in [1.807, 2.05) is 0 Å². The molecule has 136 valence electrons. The van der Waals surface area contributed by atoms with E-state index < -0.39 is 11.4 Å². The topological polar surface area (TPSA) is 107 Å². The Hall–Kier alpha value is -1.80. The first-order chi connectivity index (χ1) is 11.8. The minimum atomic E-state index is -1.12. The van der Waals surface area contributed by atoms with Crippen molar-refractivity contribution in [1.29, 1.82) is 10.8 Å². The van der Waals surface area contributed by atoms with E-state index in [1.54, 1.807) is 41.4 Å². The van der Waals surface area contributed by atoms with E-state index in [9.17, 15) is 0 Å². The Balaban J connectivity index is 2.57. The summed E-state index contributed by atoms with van der Waals surface area (Å²) in [6.07, 6.45) is 11.1. The zero-order valence-corrected chi connectivity index (χ0v) is 15.5. The fourth-order valence-electron chi connectivity index (χ4n) is 2.98. The van der Waals surface area contributed by atoms with Gasteiger partial charge in [0.25, 0.3) is 0 Å². The van der Waals surface area contributed by atoms with E-state index in [4.69, 9.17) is 49.2 Å². The van der Waals surface area contributed by atoms with Gasteiger partial charge in [0.2, 0.25) is 5.96 Å². The third-order valence-corrected chi connectivity index (χ3v) is 4.57. The number of hydrogen-bond acceptors (Lipinski definition) is 4. The van der Waals surface area contributed by atoms with E-state index in [0.29, 0.717) is 10.1 Å². The van der Waals surface area contributed by atoms with Crippen molar-refractivity contribution in [2.24, 2.45) is 5.73 Å². The quantitative estimate of drug-likeness (QED) is 0.338. The number of nitrogens with one attached hydrogen (secondary N) is 3. The van der Waals surface area contributed by atoms with Crippen LogP contribution in [0.3, 0.4) is 0 Å². The van der Waals surface area contributed by atoms with Gasteiger partial charge in [0.1, 0.15) is 0 Å². The lowest BCUT2D eigenvalue weighted by Crippen LogP contribution is -2.67. The Morgan fingerprint density at radius 2 is 1.52 bits per heavy atom. The molecular formula is C16H21Cl2N5O2. The number of allylic oxidation sites excluding steroid dienone is 4. The molecule has 0 spiro atoms. The molecule has 0 aliphatic heterocycles. The van der Waals surface area contributed by atoms with E-state index >= 15 is 0 Å². The first-order valence-corrected chi connectivity index (χ1v) is 8.22. The van der Waals surface area contributed by atoms with Crippen LogP contribution in [0.2, 0.25) is 0 Å². The van der Waals surface area contributed by atoms with Crippen molar-refractivity contribution in [3.8, 4) is 0 Å². The van der Waals surface area contributed by atoms with Crippen molar-refractivity contribution >= 4 is 35.1 Å². The standard InChI is InChI=1S/C16H21Cl2N5O2/c1-24-15(7-3-5-11(17)9-15)23(14(21)22-13(19)20)16(25-2)8-4-6-12(18)10-16/h3-8H,9-10H2,1-2H3,(H5,19,20,21,22). The Kier molecular flexibility index (Phi) is 5.95. The fraction of sp³-hybridized carbons (Fsp3) is 0.375. The van der Waals surface area contributed by atoms with E-state index in [1.165, 1.54) is 14.2 Å². The molecule has 0 fully saturated rings. The van der Waals surface area contributed by atoms with E-state index in [0.717, 1.165) is 0 Å². The number of hydrogen-bond donors (Lipinski definition) is 4. The van der Waals surface area contributed by atoms with Crippen LogP contribution in [0.5, 0.6) is 0 Å². The summed E-state index contributed by atoms with van der Waals surface area (Å²) in [6.45, 7) is 0. The van der Waals surface area contributed by atoms with Gasteiger partial charge in [-0.25, -0.2) is 0 Å². The first-order valence-electron chi connectivity index (χ1n) is 7.46. The number of guanidine groups is 2. The molecule has 0 radical (unpaired) electrons. The van der Waals surface area contributed by atoms with E-state index in [2.05, 4.69) is 5.32 Å². The normalized spacial score (nSPS) is 28.2. The smallest absolute Gasteiger partial charge is 0.203 e. The average Bonchev–Trinajstić information content (AvgIpc) is 2.54. The molecule has 0 aromatic heterocycles. The van der Waals surface area contributed by atoms with Crippen molar-refractivity contribution in [1.82, 2.24) is 10.2 Å². The second-order valence-corrected chi connectivity index (χ2v) is 6.59. The molecule has 0 bridgehead atoms. The predicted molar refractivity (Wildman–Crippen MR) is 99.5 cm³/mol. The van der Waals surface area contributed by atoms with Gasteiger partial charge in [0.05, 0.1) is 0 Å². The maximum Gasteiger partial charge on any atom is 0.203 e. The summed E-state index contributed by atoms with van der Waals surface area (Å²) in [5.74, 6) is -0.557. The lowest BCUT2D eigenvalue weighted by Gasteiger charge is -2.52. The minimum absolute atomic E-state index is 0.178. The Labute approximate surface area is 156 Å². The van der Waals surface area contributed by atoms with Crippen molar-refractivity contribution in [2.45, 2.75) is 24.3 Å². The predicted octanol–water partition coefficient (Wildman–Crippen LogP) is 2.56. The zero-order chi connectivity index (χ0) is 18.7. The number of methoxy groups -OCH3 is 2. The molecule has 0 heterocycles. The second-order valence-electron chi connectivity index (χ2n) is 5.62. The van der Waals surface area contributed by atoms with E-state index in [-0.39, 0.29) is 24.8 Å². The minimum Gasteiger partial charge on any atom is -0.370 e. The maximum atomic E-state index is 8.48. The molecule has 2 aliphatic rings. The molecule has 0 aromatic carbocycles. The molecule has 2 atom stereocenters. The lowest BCUT2D eigenvalue weighted by molar-refractivity contribution is -0.175. The molecule has 0 saturated heterocycles. The largest absolute Gasteiger partial charge is 0.370 e. The van der Waals surface area contributed by atoms with Gasteiger partial charge in [-0.2, -0.15) is 0 Å². The summed E-state index contributed by atoms with van der Waals surface area (Å²) in [7, 11) is 3.03. The van der Waals surface area contributed by atoms with Crippen molar-refractivity contribution < 1.29 is 9.47 Å². The van der Waals surface area contributed by atoms with Gasteiger partial charge < -0.3 is 15.2 Å². The van der Waals surface area contributed by atoms with Crippen molar-refractivity contribution in [3.05, 3.63) is 46.5 Å². The molecule has 5 N–H and O–H groups in total. The van der Waals surface area contributed by atoms with Crippen LogP contribution in [0.4, 0.5) is 0 Å². The Bertz CT molecular complexity index is 644. The molecule has 0 aromatic rings. The highest BCUT2D eigenvalue weighted by Crippen LogP contribution is 2.41. The lowest BCUT2D eigenvalue weighted by atomic mass is 9.94. The maximum absolute atomic E-state index is 8.48. The third kappa shape index (κ3) is 3.90. The summed E-state index contributed by atoms with van der Waals surface area (Å²) < 4.78 is 11.5. The molecule has 9 heteroatoms. The highest BCUT2D eigenvalue weighted by atomic mass is 35.5. The number of nitrogens with zero attached hydrogens (tertiary/aromatic N) is 1. The highest BCUT2D eigenvalue weighted by Gasteiger charge is 2.50. The van der Waals surface area contributed by atoms with Gasteiger partial charge in [0.15, 0.2) is 17.4 Å². The number of rotatable bonds is 4. The van der Waals surface area contributed by atoms with Crippen LogP contribution in [-0.2, 0) is 9.47 Å². The summed E-state index contributed by atoms with van der Waals surface area (Å²) in [5.41, 5.74) is 3.18. The monoisotopic (exact) mass is 385 g/mol. The second kappa shape index (κ2) is 7.61. The fourth-order valence-corrected chi connectivity index (χ4v) is 3.51. The van der Waals surface area contributed by atoms with Crippen LogP contribution in [0.15, 0.2) is 46.5 Å². The Morgan fingerprint density at radius 3 is 1.84 bits per heavy atom. The van der Waals surface area contributed by atoms with Gasteiger partial charge in [0, 0.05) is 37.1 Å². The SMILES string of the molecule is COC1(N(C(=N)NC(=N)N)C2(OC)C=CC=C(Cl)C2)C=CC=C(Cl)C1. The summed E-state index contributed by atoms with van der Waals surface area (Å²) in [6, 6.07) is 0. The van der Waals surface area contributed by atoms with Gasteiger partial charge in [-0.1, -0.05) is 35.4 Å². The Morgan fingerprint density at radius 1 is 1.08 bits per heavy atom. The first kappa shape index (κ1) is 19.5. The molecule has 7 nitrogen and oxygen atoms in total. The molecule has 0 amide bonds. The average molecular weight is 386 g/mol. The highest BCUT2D eigenvalue weighted by molar-refractivity contribution is 6.30. The van der Waals surface area contributed by atoms with Gasteiger partial charge in [-0.05, 0) is 24.3 Å². The van der Waals surface area contributed by atoms with Gasteiger partial charge in [-0.3, -0.25) is 21.0 Å². The van der Waals surface area contributed by atoms with Crippen LogP contribution >= 0.6 is 23.2 Å². The van der Waals surface area contributed by atoms with Crippen LogP contribution in [0.25, 0.3) is 0 Å². The molecule has 25 heavy (non-hydrogen) atoms. The van der Waals surface area contributed by atoms with Crippen LogP contribution in [0, 0.1) is 10.8 Å². The number of halogens is 2. The molecule has 2 unspecified atom stereocenters. The summed E-state index contributed by atoms with van der Waals surface area (Å²) in [5, 5.41) is 19.6. The van der Waals surface area contributed by atoms with Crippen LogP contribution in [-0.4, -0.2) is 42.5 Å².